The van der Waals surface area contributed by atoms with E-state index in [4.69, 9.17) is 4.74 Å². The van der Waals surface area contributed by atoms with Gasteiger partial charge in [-0.15, -0.1) is 0 Å². The van der Waals surface area contributed by atoms with E-state index in [0.29, 0.717) is 19.5 Å². The van der Waals surface area contributed by atoms with Crippen molar-refractivity contribution in [3.63, 3.8) is 0 Å². The molecule has 0 aromatic heterocycles. The maximum absolute atomic E-state index is 13.6. The van der Waals surface area contributed by atoms with Crippen LogP contribution in [0.1, 0.15) is 43.2 Å². The van der Waals surface area contributed by atoms with Crippen molar-refractivity contribution in [1.29, 1.82) is 0 Å². The van der Waals surface area contributed by atoms with Gasteiger partial charge in [0.25, 0.3) is 0 Å². The molecule has 2 aliphatic rings. The van der Waals surface area contributed by atoms with Gasteiger partial charge in [0.15, 0.2) is 0 Å². The van der Waals surface area contributed by atoms with Gasteiger partial charge in [-0.25, -0.2) is 8.78 Å². The van der Waals surface area contributed by atoms with Crippen molar-refractivity contribution in [2.45, 2.75) is 43.6 Å². The normalized spacial score (nSPS) is 22.3. The maximum Gasteiger partial charge on any atom is 0.317 e. The molecule has 2 aromatic rings. The standard InChI is InChI=1S/C25H27F2NO3/c1-31-24(30)22-16-28(15-12-23(22)29)21-10-13-25(14-11-21,17-2-6-19(26)7-3-17)18-4-8-20(27)9-5-18/h2-9,21-22H,10-16H2,1H3. The van der Waals surface area contributed by atoms with Crippen LogP contribution in [0.3, 0.4) is 0 Å². The molecule has 0 radical (unpaired) electrons. The summed E-state index contributed by atoms with van der Waals surface area (Å²) in [7, 11) is 1.31. The third-order valence-electron chi connectivity index (χ3n) is 7.06. The van der Waals surface area contributed by atoms with Crippen molar-refractivity contribution in [2.24, 2.45) is 5.92 Å². The van der Waals surface area contributed by atoms with Crippen LogP contribution in [0.4, 0.5) is 8.78 Å². The number of ketones is 1. The van der Waals surface area contributed by atoms with Gasteiger partial charge in [0.2, 0.25) is 0 Å². The number of piperidine rings is 1. The fraction of sp³-hybridized carbons (Fsp3) is 0.440. The summed E-state index contributed by atoms with van der Waals surface area (Å²) in [6, 6.07) is 13.5. The van der Waals surface area contributed by atoms with Crippen LogP contribution < -0.4 is 0 Å². The minimum atomic E-state index is -0.709. The molecule has 164 valence electrons. The molecule has 2 fully saturated rings. The van der Waals surface area contributed by atoms with E-state index in [1.807, 2.05) is 24.3 Å². The Labute approximate surface area is 181 Å². The predicted octanol–water partition coefficient (Wildman–Crippen LogP) is 4.26. The van der Waals surface area contributed by atoms with E-state index in [0.717, 1.165) is 36.8 Å². The first-order chi connectivity index (χ1) is 14.9. The first-order valence-electron chi connectivity index (χ1n) is 10.8. The number of halogens is 2. The molecule has 1 heterocycles. The number of benzene rings is 2. The maximum atomic E-state index is 13.6. The Balaban J connectivity index is 1.56. The summed E-state index contributed by atoms with van der Waals surface area (Å²) in [6.07, 6.45) is 3.75. The summed E-state index contributed by atoms with van der Waals surface area (Å²) >= 11 is 0. The van der Waals surface area contributed by atoms with E-state index < -0.39 is 11.9 Å². The van der Waals surface area contributed by atoms with E-state index in [9.17, 15) is 18.4 Å². The molecule has 0 spiro atoms. The number of esters is 1. The number of hydrogen-bond donors (Lipinski definition) is 0. The Bertz CT molecular complexity index is 879. The van der Waals surface area contributed by atoms with Crippen molar-refractivity contribution in [3.8, 4) is 0 Å². The van der Waals surface area contributed by atoms with Crippen LogP contribution >= 0.6 is 0 Å². The Morgan fingerprint density at radius 3 is 1.97 bits per heavy atom. The fourth-order valence-electron chi connectivity index (χ4n) is 5.28. The molecule has 1 atom stereocenters. The number of Topliss-reactive ketones (excluding diaryl/α,β-unsaturated/α-hetero) is 1. The van der Waals surface area contributed by atoms with Gasteiger partial charge >= 0.3 is 5.97 Å². The van der Waals surface area contributed by atoms with Crippen LogP contribution in [-0.2, 0) is 19.7 Å². The average molecular weight is 427 g/mol. The van der Waals surface area contributed by atoms with Crippen LogP contribution in [0.15, 0.2) is 48.5 Å². The highest BCUT2D eigenvalue weighted by molar-refractivity contribution is 5.99. The van der Waals surface area contributed by atoms with Crippen molar-refractivity contribution in [3.05, 3.63) is 71.3 Å². The lowest BCUT2D eigenvalue weighted by Gasteiger charge is -2.46. The monoisotopic (exact) mass is 427 g/mol. The van der Waals surface area contributed by atoms with Gasteiger partial charge in [0.05, 0.1) is 7.11 Å². The molecule has 4 rings (SSSR count). The van der Waals surface area contributed by atoms with Crippen LogP contribution in [0.2, 0.25) is 0 Å². The molecule has 0 bridgehead atoms. The molecule has 0 N–H and O–H groups in total. The second-order valence-corrected chi connectivity index (χ2v) is 8.61. The second kappa shape index (κ2) is 8.87. The largest absolute Gasteiger partial charge is 0.468 e. The molecule has 1 unspecified atom stereocenters. The molecule has 1 aliphatic heterocycles. The van der Waals surface area contributed by atoms with Crippen molar-refractivity contribution in [1.82, 2.24) is 4.90 Å². The van der Waals surface area contributed by atoms with Gasteiger partial charge in [-0.2, -0.15) is 0 Å². The summed E-state index contributed by atoms with van der Waals surface area (Å²) in [5.74, 6) is -1.78. The first-order valence-corrected chi connectivity index (χ1v) is 10.8. The Kier molecular flexibility index (Phi) is 6.19. The molecule has 0 amide bonds. The number of likely N-dealkylation sites (tertiary alicyclic amines) is 1. The Hall–Kier alpha value is -2.60. The fourth-order valence-corrected chi connectivity index (χ4v) is 5.28. The highest BCUT2D eigenvalue weighted by atomic mass is 19.1. The molecule has 1 saturated carbocycles. The number of nitrogens with zero attached hydrogens (tertiary/aromatic N) is 1. The third-order valence-corrected chi connectivity index (χ3v) is 7.06. The zero-order valence-corrected chi connectivity index (χ0v) is 17.7. The number of carbonyl (C=O) groups is 2. The Morgan fingerprint density at radius 1 is 0.968 bits per heavy atom. The predicted molar refractivity (Wildman–Crippen MR) is 113 cm³/mol. The van der Waals surface area contributed by atoms with Gasteiger partial charge in [-0.1, -0.05) is 24.3 Å². The van der Waals surface area contributed by atoms with Crippen LogP contribution in [-0.4, -0.2) is 42.9 Å². The molecule has 6 heteroatoms. The number of carbonyl (C=O) groups excluding carboxylic acids is 2. The van der Waals surface area contributed by atoms with E-state index in [1.165, 1.54) is 31.4 Å². The van der Waals surface area contributed by atoms with E-state index in [2.05, 4.69) is 4.90 Å². The van der Waals surface area contributed by atoms with Gasteiger partial charge in [0.1, 0.15) is 23.3 Å². The molecule has 1 saturated heterocycles. The first kappa shape index (κ1) is 21.6. The quantitative estimate of drug-likeness (QED) is 0.541. The number of rotatable bonds is 4. The SMILES string of the molecule is COC(=O)C1CN(C2CCC(c3ccc(F)cc3)(c3ccc(F)cc3)CC2)CCC1=O. The van der Waals surface area contributed by atoms with E-state index in [-0.39, 0.29) is 28.9 Å². The lowest BCUT2D eigenvalue weighted by atomic mass is 9.64. The van der Waals surface area contributed by atoms with Crippen LogP contribution in [0.25, 0.3) is 0 Å². The van der Waals surface area contributed by atoms with Crippen LogP contribution in [0.5, 0.6) is 0 Å². The summed E-state index contributed by atoms with van der Waals surface area (Å²) in [6.45, 7) is 1.05. The van der Waals surface area contributed by atoms with Crippen molar-refractivity contribution < 1.29 is 23.1 Å². The molecule has 2 aromatic carbocycles. The Morgan fingerprint density at radius 2 is 1.48 bits per heavy atom. The third kappa shape index (κ3) is 4.26. The van der Waals surface area contributed by atoms with Crippen molar-refractivity contribution >= 4 is 11.8 Å². The molecule has 1 aliphatic carbocycles. The zero-order chi connectivity index (χ0) is 22.0. The summed E-state index contributed by atoms with van der Waals surface area (Å²) in [5.41, 5.74) is 1.74. The van der Waals surface area contributed by atoms with Gasteiger partial charge in [-0.3, -0.25) is 14.5 Å². The minimum absolute atomic E-state index is 0.0501. The van der Waals surface area contributed by atoms with E-state index >= 15 is 0 Å². The molecule has 4 nitrogen and oxygen atoms in total. The summed E-state index contributed by atoms with van der Waals surface area (Å²) in [5, 5.41) is 0. The summed E-state index contributed by atoms with van der Waals surface area (Å²) in [4.78, 5) is 26.4. The number of ether oxygens (including phenoxy) is 1. The molecule has 31 heavy (non-hydrogen) atoms. The van der Waals surface area contributed by atoms with Crippen LogP contribution in [0, 0.1) is 17.6 Å². The van der Waals surface area contributed by atoms with Gasteiger partial charge in [-0.05, 0) is 61.1 Å². The average Bonchev–Trinajstić information content (AvgIpc) is 2.80. The lowest BCUT2D eigenvalue weighted by molar-refractivity contribution is -0.152. The number of methoxy groups -OCH3 is 1. The zero-order valence-electron chi connectivity index (χ0n) is 17.7. The topological polar surface area (TPSA) is 46.6 Å². The molecular weight excluding hydrogens is 400 g/mol. The number of hydrogen-bond acceptors (Lipinski definition) is 4. The van der Waals surface area contributed by atoms with E-state index in [1.54, 1.807) is 0 Å². The summed E-state index contributed by atoms with van der Waals surface area (Å²) < 4.78 is 32.0. The smallest absolute Gasteiger partial charge is 0.317 e. The highest BCUT2D eigenvalue weighted by Gasteiger charge is 2.42. The van der Waals surface area contributed by atoms with Gasteiger partial charge in [0, 0.05) is 31.0 Å². The second-order valence-electron chi connectivity index (χ2n) is 8.61. The van der Waals surface area contributed by atoms with Gasteiger partial charge < -0.3 is 4.74 Å². The van der Waals surface area contributed by atoms with Crippen molar-refractivity contribution in [2.75, 3.05) is 20.2 Å². The lowest BCUT2D eigenvalue weighted by Crippen LogP contribution is -2.51. The molecular formula is C25H27F2NO3. The highest BCUT2D eigenvalue weighted by Crippen LogP contribution is 2.46. The minimum Gasteiger partial charge on any atom is -0.468 e.